The predicted molar refractivity (Wildman–Crippen MR) is 94.3 cm³/mol. The van der Waals surface area contributed by atoms with Crippen molar-refractivity contribution in [3.63, 3.8) is 0 Å². The topological polar surface area (TPSA) is 32.3 Å². The van der Waals surface area contributed by atoms with E-state index in [9.17, 15) is 4.79 Å². The van der Waals surface area contributed by atoms with E-state index in [0.29, 0.717) is 18.5 Å². The summed E-state index contributed by atoms with van der Waals surface area (Å²) in [6.07, 6.45) is 4.08. The first kappa shape index (κ1) is 17.4. The fourth-order valence-electron chi connectivity index (χ4n) is 2.90. The van der Waals surface area contributed by atoms with Crippen LogP contribution in [-0.2, 0) is 4.79 Å². The van der Waals surface area contributed by atoms with E-state index < -0.39 is 0 Å². The molecule has 4 heteroatoms. The molecule has 22 heavy (non-hydrogen) atoms. The van der Waals surface area contributed by atoms with Crippen LogP contribution in [0.5, 0.6) is 0 Å². The Kier molecular flexibility index (Phi) is 7.26. The SMILES string of the molecule is CCC(=O)N[C@@H]1CCCN([C@H](C)CCSc2ccccc2)C1. The van der Waals surface area contributed by atoms with Crippen LogP contribution < -0.4 is 5.32 Å². The number of nitrogens with one attached hydrogen (secondary N) is 1. The Morgan fingerprint density at radius 2 is 2.18 bits per heavy atom. The minimum Gasteiger partial charge on any atom is -0.352 e. The summed E-state index contributed by atoms with van der Waals surface area (Å²) in [5.41, 5.74) is 0. The predicted octanol–water partition coefficient (Wildman–Crippen LogP) is 3.55. The van der Waals surface area contributed by atoms with E-state index in [1.54, 1.807) is 0 Å². The molecule has 2 atom stereocenters. The fourth-order valence-corrected chi connectivity index (χ4v) is 3.95. The van der Waals surface area contributed by atoms with E-state index >= 15 is 0 Å². The third-order valence-corrected chi connectivity index (χ3v) is 5.36. The molecular weight excluding hydrogens is 292 g/mol. The zero-order chi connectivity index (χ0) is 15.8. The summed E-state index contributed by atoms with van der Waals surface area (Å²) in [4.78, 5) is 15.4. The van der Waals surface area contributed by atoms with Gasteiger partial charge in [0.15, 0.2) is 0 Å². The molecule has 122 valence electrons. The zero-order valence-corrected chi connectivity index (χ0v) is 14.6. The second-order valence-corrected chi connectivity index (χ2v) is 7.22. The van der Waals surface area contributed by atoms with E-state index in [0.717, 1.165) is 25.3 Å². The lowest BCUT2D eigenvalue weighted by Gasteiger charge is -2.37. The summed E-state index contributed by atoms with van der Waals surface area (Å²) >= 11 is 1.93. The van der Waals surface area contributed by atoms with Crippen molar-refractivity contribution in [2.24, 2.45) is 0 Å². The normalized spacial score (nSPS) is 20.5. The molecule has 1 aromatic carbocycles. The minimum absolute atomic E-state index is 0.180. The maximum absolute atomic E-state index is 11.6. The highest BCUT2D eigenvalue weighted by molar-refractivity contribution is 7.99. The molecule has 0 unspecified atom stereocenters. The van der Waals surface area contributed by atoms with Gasteiger partial charge in [-0.1, -0.05) is 25.1 Å². The van der Waals surface area contributed by atoms with E-state index in [-0.39, 0.29) is 5.91 Å². The van der Waals surface area contributed by atoms with Gasteiger partial charge >= 0.3 is 0 Å². The number of thioether (sulfide) groups is 1. The number of amides is 1. The van der Waals surface area contributed by atoms with Gasteiger partial charge in [0.2, 0.25) is 5.91 Å². The zero-order valence-electron chi connectivity index (χ0n) is 13.8. The largest absolute Gasteiger partial charge is 0.352 e. The second kappa shape index (κ2) is 9.21. The van der Waals surface area contributed by atoms with Crippen molar-refractivity contribution < 1.29 is 4.79 Å². The number of hydrogen-bond donors (Lipinski definition) is 1. The van der Waals surface area contributed by atoms with Crippen molar-refractivity contribution in [2.45, 2.75) is 56.5 Å². The summed E-state index contributed by atoms with van der Waals surface area (Å²) < 4.78 is 0. The lowest BCUT2D eigenvalue weighted by molar-refractivity contribution is -0.121. The van der Waals surface area contributed by atoms with Crippen LogP contribution in [0.25, 0.3) is 0 Å². The molecule has 1 saturated heterocycles. The second-order valence-electron chi connectivity index (χ2n) is 6.05. The number of carbonyl (C=O) groups excluding carboxylic acids is 1. The third-order valence-electron chi connectivity index (χ3n) is 4.31. The number of rotatable bonds is 7. The molecule has 1 aliphatic rings. The molecule has 2 rings (SSSR count). The molecule has 0 aliphatic carbocycles. The van der Waals surface area contributed by atoms with Crippen LogP contribution in [0.1, 0.15) is 39.5 Å². The molecule has 0 radical (unpaired) electrons. The number of benzene rings is 1. The molecule has 0 bridgehead atoms. The fraction of sp³-hybridized carbons (Fsp3) is 0.611. The Morgan fingerprint density at radius 3 is 2.91 bits per heavy atom. The summed E-state index contributed by atoms with van der Waals surface area (Å²) in [5.74, 6) is 1.33. The van der Waals surface area contributed by atoms with Gasteiger partial charge in [-0.2, -0.15) is 0 Å². The molecule has 1 fully saturated rings. The Balaban J connectivity index is 1.72. The highest BCUT2D eigenvalue weighted by atomic mass is 32.2. The van der Waals surface area contributed by atoms with Gasteiger partial charge in [0, 0.05) is 29.9 Å². The average Bonchev–Trinajstić information content (AvgIpc) is 2.56. The smallest absolute Gasteiger partial charge is 0.219 e. The molecule has 1 N–H and O–H groups in total. The molecule has 0 spiro atoms. The van der Waals surface area contributed by atoms with Gasteiger partial charge in [0.25, 0.3) is 0 Å². The first-order valence-corrected chi connectivity index (χ1v) is 9.39. The van der Waals surface area contributed by atoms with Crippen molar-refractivity contribution in [1.29, 1.82) is 0 Å². The van der Waals surface area contributed by atoms with Gasteiger partial charge in [-0.05, 0) is 50.6 Å². The van der Waals surface area contributed by atoms with Crippen LogP contribution in [0, 0.1) is 0 Å². The monoisotopic (exact) mass is 320 g/mol. The van der Waals surface area contributed by atoms with Crippen LogP contribution in [0.3, 0.4) is 0 Å². The lowest BCUT2D eigenvalue weighted by atomic mass is 10.0. The van der Waals surface area contributed by atoms with Gasteiger partial charge in [-0.25, -0.2) is 0 Å². The summed E-state index contributed by atoms with van der Waals surface area (Å²) in [5, 5.41) is 3.15. The minimum atomic E-state index is 0.180. The molecule has 0 saturated carbocycles. The molecular formula is C18H28N2OS. The Hall–Kier alpha value is -1.00. The molecule has 0 aromatic heterocycles. The molecule has 1 amide bonds. The van der Waals surface area contributed by atoms with Crippen LogP contribution in [0.4, 0.5) is 0 Å². The van der Waals surface area contributed by atoms with Gasteiger partial charge in [0.05, 0.1) is 0 Å². The summed E-state index contributed by atoms with van der Waals surface area (Å²) in [6, 6.07) is 11.5. The van der Waals surface area contributed by atoms with Gasteiger partial charge in [0.1, 0.15) is 0 Å². The lowest BCUT2D eigenvalue weighted by Crippen LogP contribution is -2.50. The number of hydrogen-bond acceptors (Lipinski definition) is 3. The van der Waals surface area contributed by atoms with E-state index in [4.69, 9.17) is 0 Å². The number of carbonyl (C=O) groups is 1. The average molecular weight is 321 g/mol. The van der Waals surface area contributed by atoms with Gasteiger partial charge in [-0.3, -0.25) is 9.69 Å². The van der Waals surface area contributed by atoms with E-state index in [1.165, 1.54) is 17.7 Å². The van der Waals surface area contributed by atoms with Crippen molar-refractivity contribution in [2.75, 3.05) is 18.8 Å². The van der Waals surface area contributed by atoms with Crippen molar-refractivity contribution in [3.8, 4) is 0 Å². The van der Waals surface area contributed by atoms with Crippen LogP contribution in [-0.4, -0.2) is 41.7 Å². The number of likely N-dealkylation sites (tertiary alicyclic amines) is 1. The Bertz CT molecular complexity index is 452. The summed E-state index contributed by atoms with van der Waals surface area (Å²) in [6.45, 7) is 6.40. The number of piperidine rings is 1. The molecule has 1 aromatic rings. The summed E-state index contributed by atoms with van der Waals surface area (Å²) in [7, 11) is 0. The van der Waals surface area contributed by atoms with E-state index in [1.807, 2.05) is 18.7 Å². The van der Waals surface area contributed by atoms with E-state index in [2.05, 4.69) is 47.5 Å². The molecule has 1 aliphatic heterocycles. The maximum atomic E-state index is 11.6. The van der Waals surface area contributed by atoms with Crippen molar-refractivity contribution in [1.82, 2.24) is 10.2 Å². The Labute approximate surface area is 138 Å². The van der Waals surface area contributed by atoms with Crippen molar-refractivity contribution >= 4 is 17.7 Å². The van der Waals surface area contributed by atoms with Gasteiger partial charge in [-0.15, -0.1) is 11.8 Å². The first-order valence-electron chi connectivity index (χ1n) is 8.40. The Morgan fingerprint density at radius 1 is 1.41 bits per heavy atom. The first-order chi connectivity index (χ1) is 10.7. The van der Waals surface area contributed by atoms with Crippen LogP contribution in [0.15, 0.2) is 35.2 Å². The van der Waals surface area contributed by atoms with Crippen LogP contribution in [0.2, 0.25) is 0 Å². The molecule has 1 heterocycles. The maximum Gasteiger partial charge on any atom is 0.219 e. The van der Waals surface area contributed by atoms with Crippen LogP contribution >= 0.6 is 11.8 Å². The standard InChI is InChI=1S/C18H28N2OS/c1-3-18(21)19-16-8-7-12-20(14-16)15(2)11-13-22-17-9-5-4-6-10-17/h4-6,9-10,15-16H,3,7-8,11-14H2,1-2H3,(H,19,21)/t15-,16-/m1/s1. The highest BCUT2D eigenvalue weighted by Gasteiger charge is 2.24. The van der Waals surface area contributed by atoms with Gasteiger partial charge < -0.3 is 5.32 Å². The van der Waals surface area contributed by atoms with Crippen molar-refractivity contribution in [3.05, 3.63) is 30.3 Å². The third kappa shape index (κ3) is 5.65. The number of nitrogens with zero attached hydrogens (tertiary/aromatic N) is 1. The highest BCUT2D eigenvalue weighted by Crippen LogP contribution is 2.21. The quantitative estimate of drug-likeness (QED) is 0.780. The molecule has 3 nitrogen and oxygen atoms in total.